The highest BCUT2D eigenvalue weighted by atomic mass is 16.2. The van der Waals surface area contributed by atoms with Crippen molar-refractivity contribution in [3.05, 3.63) is 67.5 Å². The number of carbonyl (C=O) groups excluding carboxylic acids is 1. The molecule has 0 radical (unpaired) electrons. The Morgan fingerprint density at radius 1 is 0.868 bits per heavy atom. The second kappa shape index (κ2) is 9.73. The summed E-state index contributed by atoms with van der Waals surface area (Å²) in [6, 6.07) is 9.64. The summed E-state index contributed by atoms with van der Waals surface area (Å²) in [4.78, 5) is 42.0. The van der Waals surface area contributed by atoms with E-state index in [0.29, 0.717) is 30.5 Å². The zero-order chi connectivity index (χ0) is 26.1. The van der Waals surface area contributed by atoms with Crippen molar-refractivity contribution in [1.82, 2.24) is 39.2 Å². The number of fused-ring (bicyclic) bond motifs is 1. The molecule has 6 rings (SSSR count). The van der Waals surface area contributed by atoms with Crippen LogP contribution < -0.4 is 16.0 Å². The first-order chi connectivity index (χ1) is 18.5. The summed E-state index contributed by atoms with van der Waals surface area (Å²) in [6.07, 6.45) is 10.7. The molecule has 0 aliphatic carbocycles. The summed E-state index contributed by atoms with van der Waals surface area (Å²) in [7, 11) is 0. The number of rotatable bonds is 5. The van der Waals surface area contributed by atoms with E-state index >= 15 is 0 Å². The van der Waals surface area contributed by atoms with E-state index in [2.05, 4.69) is 35.1 Å². The van der Waals surface area contributed by atoms with Crippen LogP contribution in [0.3, 0.4) is 0 Å². The first-order valence-electron chi connectivity index (χ1n) is 12.2. The number of nitrogens with one attached hydrogen (secondary N) is 1. The number of piperazine rings is 1. The Hall–Kier alpha value is -5.13. The predicted molar refractivity (Wildman–Crippen MR) is 144 cm³/mol. The number of carbonyl (C=O) groups is 1. The number of hydrogen-bond donors (Lipinski definition) is 2. The summed E-state index contributed by atoms with van der Waals surface area (Å²) in [6.45, 7) is 4.61. The van der Waals surface area contributed by atoms with E-state index in [0.717, 1.165) is 41.2 Å². The van der Waals surface area contributed by atoms with Gasteiger partial charge in [-0.1, -0.05) is 0 Å². The van der Waals surface area contributed by atoms with Crippen molar-refractivity contribution in [1.29, 1.82) is 0 Å². The SMILES string of the molecule is CC(=O)N1CCN(c2ccc(Nc3nccc(-c4cnc5ccc(-c6cnc(N)nc6)cn45)n3)nc2)CC1. The molecule has 12 nitrogen and oxygen atoms in total. The zero-order valence-corrected chi connectivity index (χ0v) is 20.7. The van der Waals surface area contributed by atoms with Gasteiger partial charge in [-0.25, -0.2) is 29.9 Å². The molecule has 1 saturated heterocycles. The molecule has 12 heteroatoms. The van der Waals surface area contributed by atoms with Crippen LogP contribution in [0, 0.1) is 0 Å². The van der Waals surface area contributed by atoms with Crippen molar-refractivity contribution in [2.75, 3.05) is 42.1 Å². The van der Waals surface area contributed by atoms with Gasteiger partial charge >= 0.3 is 0 Å². The normalized spacial score (nSPS) is 13.6. The lowest BCUT2D eigenvalue weighted by molar-refractivity contribution is -0.129. The standard InChI is InChI=1S/C26H25N11O/c1-17(38)35-8-10-36(11-9-35)20-3-4-23(29-14-20)34-26-28-7-6-21(33-26)22-15-30-24-5-2-18(16-37(22)24)19-12-31-25(27)32-13-19/h2-7,12-16H,8-11H2,1H3,(H2,27,31,32)(H,28,29,33,34). The third-order valence-corrected chi connectivity index (χ3v) is 6.51. The summed E-state index contributed by atoms with van der Waals surface area (Å²) in [5.74, 6) is 1.41. The maximum Gasteiger partial charge on any atom is 0.228 e. The van der Waals surface area contributed by atoms with Gasteiger partial charge in [0, 0.05) is 69.0 Å². The van der Waals surface area contributed by atoms with Crippen LogP contribution in [-0.2, 0) is 4.79 Å². The summed E-state index contributed by atoms with van der Waals surface area (Å²) < 4.78 is 1.97. The molecule has 0 aromatic carbocycles. The second-order valence-electron chi connectivity index (χ2n) is 8.90. The van der Waals surface area contributed by atoms with Crippen LogP contribution in [0.15, 0.2) is 67.5 Å². The second-order valence-corrected chi connectivity index (χ2v) is 8.90. The number of nitrogens with zero attached hydrogens (tertiary/aromatic N) is 9. The van der Waals surface area contributed by atoms with Gasteiger partial charge in [-0.2, -0.15) is 0 Å². The van der Waals surface area contributed by atoms with Crippen LogP contribution in [0.1, 0.15) is 6.92 Å². The summed E-state index contributed by atoms with van der Waals surface area (Å²) >= 11 is 0. The van der Waals surface area contributed by atoms with E-state index in [1.165, 1.54) is 0 Å². The monoisotopic (exact) mass is 507 g/mol. The highest BCUT2D eigenvalue weighted by Gasteiger charge is 2.19. The molecule has 1 aliphatic heterocycles. The van der Waals surface area contributed by atoms with E-state index < -0.39 is 0 Å². The molecule has 0 saturated carbocycles. The Bertz CT molecular complexity index is 1590. The number of aromatic nitrogens is 7. The topological polar surface area (TPSA) is 143 Å². The molecule has 38 heavy (non-hydrogen) atoms. The van der Waals surface area contributed by atoms with Gasteiger partial charge < -0.3 is 20.9 Å². The van der Waals surface area contributed by atoms with Crippen molar-refractivity contribution < 1.29 is 4.79 Å². The molecule has 0 atom stereocenters. The molecule has 3 N–H and O–H groups in total. The minimum atomic E-state index is 0.116. The van der Waals surface area contributed by atoms with Crippen LogP contribution in [0.2, 0.25) is 0 Å². The lowest BCUT2D eigenvalue weighted by Gasteiger charge is -2.35. The molecular formula is C26H25N11O. The molecule has 190 valence electrons. The van der Waals surface area contributed by atoms with Crippen molar-refractivity contribution in [2.45, 2.75) is 6.92 Å². The van der Waals surface area contributed by atoms with Crippen LogP contribution in [0.4, 0.5) is 23.4 Å². The molecule has 6 heterocycles. The van der Waals surface area contributed by atoms with E-state index in [-0.39, 0.29) is 11.9 Å². The van der Waals surface area contributed by atoms with Crippen molar-refractivity contribution in [2.24, 2.45) is 0 Å². The van der Waals surface area contributed by atoms with E-state index in [9.17, 15) is 4.79 Å². The van der Waals surface area contributed by atoms with Gasteiger partial charge in [-0.3, -0.25) is 9.20 Å². The Labute approximate surface area is 218 Å². The molecule has 5 aromatic heterocycles. The van der Waals surface area contributed by atoms with Crippen molar-refractivity contribution >= 4 is 35.0 Å². The van der Waals surface area contributed by atoms with E-state index in [1.54, 1.807) is 31.7 Å². The fourth-order valence-electron chi connectivity index (χ4n) is 4.43. The Morgan fingerprint density at radius 3 is 2.42 bits per heavy atom. The van der Waals surface area contributed by atoms with Gasteiger partial charge in [0.25, 0.3) is 0 Å². The third kappa shape index (κ3) is 4.66. The Kier molecular flexibility index (Phi) is 5.96. The zero-order valence-electron chi connectivity index (χ0n) is 20.7. The summed E-state index contributed by atoms with van der Waals surface area (Å²) in [5, 5.41) is 3.19. The van der Waals surface area contributed by atoms with Gasteiger partial charge in [0.05, 0.1) is 29.5 Å². The molecular weight excluding hydrogens is 482 g/mol. The molecule has 1 aliphatic rings. The average Bonchev–Trinajstić information content (AvgIpc) is 3.38. The van der Waals surface area contributed by atoms with Crippen LogP contribution >= 0.6 is 0 Å². The fraction of sp³-hybridized carbons (Fsp3) is 0.192. The lowest BCUT2D eigenvalue weighted by atomic mass is 10.1. The average molecular weight is 508 g/mol. The van der Waals surface area contributed by atoms with Gasteiger partial charge in [0.1, 0.15) is 11.5 Å². The number of pyridine rings is 2. The van der Waals surface area contributed by atoms with Gasteiger partial charge in [-0.15, -0.1) is 0 Å². The Morgan fingerprint density at radius 2 is 1.68 bits per heavy atom. The van der Waals surface area contributed by atoms with E-state index in [4.69, 9.17) is 10.7 Å². The minimum absolute atomic E-state index is 0.116. The third-order valence-electron chi connectivity index (χ3n) is 6.51. The van der Waals surface area contributed by atoms with Gasteiger partial charge in [0.2, 0.25) is 17.8 Å². The quantitative estimate of drug-likeness (QED) is 0.364. The number of amides is 1. The summed E-state index contributed by atoms with van der Waals surface area (Å²) in [5.41, 5.74) is 10.7. The number of nitrogens with two attached hydrogens (primary N) is 1. The number of nitrogen functional groups attached to an aromatic ring is 1. The van der Waals surface area contributed by atoms with E-state index in [1.807, 2.05) is 52.0 Å². The van der Waals surface area contributed by atoms with Gasteiger partial charge in [-0.05, 0) is 30.3 Å². The maximum atomic E-state index is 11.6. The highest BCUT2D eigenvalue weighted by Crippen LogP contribution is 2.25. The highest BCUT2D eigenvalue weighted by molar-refractivity contribution is 5.73. The lowest BCUT2D eigenvalue weighted by Crippen LogP contribution is -2.48. The first kappa shape index (κ1) is 23.3. The minimum Gasteiger partial charge on any atom is -0.368 e. The molecule has 1 fully saturated rings. The fourth-order valence-corrected chi connectivity index (χ4v) is 4.43. The predicted octanol–water partition coefficient (Wildman–Crippen LogP) is 2.64. The molecule has 0 bridgehead atoms. The van der Waals surface area contributed by atoms with Crippen molar-refractivity contribution in [3.63, 3.8) is 0 Å². The number of imidazole rings is 1. The maximum absolute atomic E-state index is 11.6. The molecule has 0 unspecified atom stereocenters. The van der Waals surface area contributed by atoms with Crippen LogP contribution in [0.5, 0.6) is 0 Å². The van der Waals surface area contributed by atoms with Crippen molar-refractivity contribution in [3.8, 4) is 22.5 Å². The van der Waals surface area contributed by atoms with Crippen LogP contribution in [0.25, 0.3) is 28.2 Å². The van der Waals surface area contributed by atoms with Gasteiger partial charge in [0.15, 0.2) is 0 Å². The number of anilines is 4. The van der Waals surface area contributed by atoms with Crippen LogP contribution in [-0.4, -0.2) is 71.3 Å². The number of hydrogen-bond acceptors (Lipinski definition) is 10. The molecule has 5 aromatic rings. The smallest absolute Gasteiger partial charge is 0.228 e. The largest absolute Gasteiger partial charge is 0.368 e. The molecule has 0 spiro atoms. The Balaban J connectivity index is 1.20. The first-order valence-corrected chi connectivity index (χ1v) is 12.2. The molecule has 1 amide bonds.